The first kappa shape index (κ1) is 13.7. The van der Waals surface area contributed by atoms with Crippen molar-refractivity contribution in [2.75, 3.05) is 13.2 Å². The van der Waals surface area contributed by atoms with Gasteiger partial charge in [0.15, 0.2) is 5.92 Å². The van der Waals surface area contributed by atoms with Gasteiger partial charge in [0.2, 0.25) is 0 Å². The molecular weight excluding hydrogens is 224 g/mol. The van der Waals surface area contributed by atoms with Gasteiger partial charge in [-0.1, -0.05) is 0 Å². The molecule has 0 amide bonds. The highest BCUT2D eigenvalue weighted by Crippen LogP contribution is 2.30. The number of carbonyl (C=O) groups is 3. The lowest BCUT2D eigenvalue weighted by Crippen LogP contribution is -2.36. The van der Waals surface area contributed by atoms with Crippen molar-refractivity contribution >= 4 is 17.7 Å². The van der Waals surface area contributed by atoms with Gasteiger partial charge in [-0.05, 0) is 26.7 Å². The summed E-state index contributed by atoms with van der Waals surface area (Å²) in [5.74, 6) is -2.98. The van der Waals surface area contributed by atoms with E-state index >= 15 is 0 Å². The standard InChI is InChI=1S/C12H18O5/c1-3-16-11(14)10(12(15)17-4-2)8-6-5-7-9(8)13/h8,10H,3-7H2,1-2H3/t8-/m1/s1. The number of ketones is 1. The Balaban J connectivity index is 2.81. The molecule has 0 saturated heterocycles. The molecule has 0 heterocycles. The van der Waals surface area contributed by atoms with Crippen LogP contribution >= 0.6 is 0 Å². The minimum Gasteiger partial charge on any atom is -0.465 e. The van der Waals surface area contributed by atoms with E-state index in [1.807, 2.05) is 0 Å². The van der Waals surface area contributed by atoms with E-state index in [2.05, 4.69) is 0 Å². The Morgan fingerprint density at radius 1 is 1.24 bits per heavy atom. The van der Waals surface area contributed by atoms with Crippen LogP contribution in [0.2, 0.25) is 0 Å². The van der Waals surface area contributed by atoms with Gasteiger partial charge < -0.3 is 9.47 Å². The third kappa shape index (κ3) is 3.28. The number of rotatable bonds is 5. The molecule has 0 aliphatic heterocycles. The van der Waals surface area contributed by atoms with E-state index in [0.29, 0.717) is 12.8 Å². The first-order valence-electron chi connectivity index (χ1n) is 5.97. The van der Waals surface area contributed by atoms with Gasteiger partial charge in [-0.3, -0.25) is 14.4 Å². The summed E-state index contributed by atoms with van der Waals surface area (Å²) in [5, 5.41) is 0. The number of ether oxygens (including phenoxy) is 2. The third-order valence-electron chi connectivity index (χ3n) is 2.84. The predicted octanol–water partition coefficient (Wildman–Crippen LogP) is 1.10. The van der Waals surface area contributed by atoms with Crippen molar-refractivity contribution in [1.82, 2.24) is 0 Å². The molecular formula is C12H18O5. The minimum atomic E-state index is -1.08. The summed E-state index contributed by atoms with van der Waals surface area (Å²) < 4.78 is 9.68. The summed E-state index contributed by atoms with van der Waals surface area (Å²) in [6, 6.07) is 0. The van der Waals surface area contributed by atoms with Crippen LogP contribution in [-0.4, -0.2) is 30.9 Å². The molecule has 1 atom stereocenters. The van der Waals surface area contributed by atoms with Crippen molar-refractivity contribution < 1.29 is 23.9 Å². The second-order valence-electron chi connectivity index (χ2n) is 3.95. The number of hydrogen-bond acceptors (Lipinski definition) is 5. The summed E-state index contributed by atoms with van der Waals surface area (Å²) >= 11 is 0. The van der Waals surface area contributed by atoms with Crippen molar-refractivity contribution in [3.8, 4) is 0 Å². The highest BCUT2D eigenvalue weighted by Gasteiger charge is 2.43. The van der Waals surface area contributed by atoms with Gasteiger partial charge >= 0.3 is 11.9 Å². The molecule has 0 aromatic carbocycles. The summed E-state index contributed by atoms with van der Waals surface area (Å²) in [6.45, 7) is 3.71. The minimum absolute atomic E-state index is 0.0453. The van der Waals surface area contributed by atoms with Crippen molar-refractivity contribution in [2.24, 2.45) is 11.8 Å². The third-order valence-corrected chi connectivity index (χ3v) is 2.84. The zero-order valence-electron chi connectivity index (χ0n) is 10.2. The molecule has 0 bridgehead atoms. The van der Waals surface area contributed by atoms with Gasteiger partial charge in [-0.15, -0.1) is 0 Å². The highest BCUT2D eigenvalue weighted by atomic mass is 16.6. The fourth-order valence-corrected chi connectivity index (χ4v) is 2.08. The van der Waals surface area contributed by atoms with Crippen LogP contribution in [0, 0.1) is 11.8 Å². The van der Waals surface area contributed by atoms with Crippen LogP contribution in [-0.2, 0) is 23.9 Å². The second-order valence-corrected chi connectivity index (χ2v) is 3.95. The fourth-order valence-electron chi connectivity index (χ4n) is 2.08. The molecule has 0 radical (unpaired) electrons. The number of Topliss-reactive ketones (excluding diaryl/α,β-unsaturated/α-hetero) is 1. The predicted molar refractivity (Wildman–Crippen MR) is 59.1 cm³/mol. The maximum Gasteiger partial charge on any atom is 0.321 e. The molecule has 0 unspecified atom stereocenters. The normalized spacial score (nSPS) is 19.5. The molecule has 0 aromatic rings. The van der Waals surface area contributed by atoms with Gasteiger partial charge in [0.25, 0.3) is 0 Å². The largest absolute Gasteiger partial charge is 0.465 e. The van der Waals surface area contributed by atoms with E-state index in [-0.39, 0.29) is 19.0 Å². The smallest absolute Gasteiger partial charge is 0.321 e. The fraction of sp³-hybridized carbons (Fsp3) is 0.750. The Bertz CT molecular complexity index is 292. The average molecular weight is 242 g/mol. The van der Waals surface area contributed by atoms with Crippen LogP contribution in [0.3, 0.4) is 0 Å². The van der Waals surface area contributed by atoms with Crippen molar-refractivity contribution in [3.05, 3.63) is 0 Å². The van der Waals surface area contributed by atoms with Gasteiger partial charge in [0.1, 0.15) is 5.78 Å². The van der Waals surface area contributed by atoms with Crippen molar-refractivity contribution in [2.45, 2.75) is 33.1 Å². The van der Waals surface area contributed by atoms with E-state index in [0.717, 1.165) is 6.42 Å². The monoisotopic (exact) mass is 242 g/mol. The molecule has 1 saturated carbocycles. The topological polar surface area (TPSA) is 69.7 Å². The highest BCUT2D eigenvalue weighted by molar-refractivity contribution is 6.01. The van der Waals surface area contributed by atoms with Crippen LogP contribution in [0.25, 0.3) is 0 Å². The lowest BCUT2D eigenvalue weighted by atomic mass is 9.90. The lowest BCUT2D eigenvalue weighted by molar-refractivity contribution is -0.165. The van der Waals surface area contributed by atoms with Crippen LogP contribution in [0.4, 0.5) is 0 Å². The molecule has 17 heavy (non-hydrogen) atoms. The number of carbonyl (C=O) groups excluding carboxylic acids is 3. The van der Waals surface area contributed by atoms with Gasteiger partial charge in [0.05, 0.1) is 13.2 Å². The lowest BCUT2D eigenvalue weighted by Gasteiger charge is -2.18. The van der Waals surface area contributed by atoms with Crippen LogP contribution in [0.15, 0.2) is 0 Å². The molecule has 0 N–H and O–H groups in total. The Labute approximate surface area is 100 Å². The van der Waals surface area contributed by atoms with Crippen LogP contribution in [0.5, 0.6) is 0 Å². The second kappa shape index (κ2) is 6.37. The average Bonchev–Trinajstić information content (AvgIpc) is 2.66. The molecule has 1 rings (SSSR count). The van der Waals surface area contributed by atoms with E-state index in [1.54, 1.807) is 13.8 Å². The maximum atomic E-state index is 11.7. The first-order chi connectivity index (χ1) is 8.11. The molecule has 0 spiro atoms. The van der Waals surface area contributed by atoms with Crippen LogP contribution < -0.4 is 0 Å². The van der Waals surface area contributed by atoms with Gasteiger partial charge in [0, 0.05) is 12.3 Å². The molecule has 1 aliphatic rings. The molecule has 5 nitrogen and oxygen atoms in total. The van der Waals surface area contributed by atoms with E-state index in [9.17, 15) is 14.4 Å². The molecule has 1 fully saturated rings. The molecule has 0 aromatic heterocycles. The zero-order chi connectivity index (χ0) is 12.8. The summed E-state index contributed by atoms with van der Waals surface area (Å²) in [6.07, 6.45) is 1.71. The van der Waals surface area contributed by atoms with E-state index < -0.39 is 23.8 Å². The Kier molecular flexibility index (Phi) is 5.12. The molecule has 5 heteroatoms. The Hall–Kier alpha value is -1.39. The van der Waals surface area contributed by atoms with Gasteiger partial charge in [-0.2, -0.15) is 0 Å². The first-order valence-corrected chi connectivity index (χ1v) is 5.97. The Morgan fingerprint density at radius 2 is 1.76 bits per heavy atom. The maximum absolute atomic E-state index is 11.7. The quantitative estimate of drug-likeness (QED) is 0.533. The zero-order valence-corrected chi connectivity index (χ0v) is 10.2. The SMILES string of the molecule is CCOC(=O)C(C(=O)OCC)[C@@H]1CCCC1=O. The van der Waals surface area contributed by atoms with E-state index in [1.165, 1.54) is 0 Å². The summed E-state index contributed by atoms with van der Waals surface area (Å²) in [5.41, 5.74) is 0. The van der Waals surface area contributed by atoms with Crippen LogP contribution in [0.1, 0.15) is 33.1 Å². The Morgan fingerprint density at radius 3 is 2.12 bits per heavy atom. The van der Waals surface area contributed by atoms with E-state index in [4.69, 9.17) is 9.47 Å². The van der Waals surface area contributed by atoms with Gasteiger partial charge in [-0.25, -0.2) is 0 Å². The van der Waals surface area contributed by atoms with Crippen molar-refractivity contribution in [3.63, 3.8) is 0 Å². The number of hydrogen-bond donors (Lipinski definition) is 0. The molecule has 1 aliphatic carbocycles. The number of esters is 2. The molecule has 96 valence electrons. The summed E-state index contributed by atoms with van der Waals surface area (Å²) in [4.78, 5) is 35.1. The van der Waals surface area contributed by atoms with Crippen molar-refractivity contribution in [1.29, 1.82) is 0 Å². The summed E-state index contributed by atoms with van der Waals surface area (Å²) in [7, 11) is 0.